The maximum Gasteiger partial charge on any atom is 0.221 e. The van der Waals surface area contributed by atoms with Gasteiger partial charge in [0.15, 0.2) is 0 Å². The highest BCUT2D eigenvalue weighted by Crippen LogP contribution is 2.28. The zero-order valence-corrected chi connectivity index (χ0v) is 11.3. The molecule has 20 heavy (non-hydrogen) atoms. The number of carbonyl (C=O) groups is 1. The van der Waals surface area contributed by atoms with E-state index in [0.29, 0.717) is 17.8 Å². The predicted molar refractivity (Wildman–Crippen MR) is 71.0 cm³/mol. The first kappa shape index (κ1) is 14.2. The van der Waals surface area contributed by atoms with E-state index in [-0.39, 0.29) is 17.9 Å². The number of aromatic nitrogens is 2. The summed E-state index contributed by atoms with van der Waals surface area (Å²) in [6.07, 6.45) is 1.82. The molecule has 0 saturated carbocycles. The summed E-state index contributed by atoms with van der Waals surface area (Å²) >= 11 is 0. The summed E-state index contributed by atoms with van der Waals surface area (Å²) in [6, 6.07) is 3.74. The highest BCUT2D eigenvalue weighted by molar-refractivity contribution is 5.75. The average Bonchev–Trinajstić information content (AvgIpc) is 2.77. The molecule has 0 fully saturated rings. The molecule has 1 amide bonds. The van der Waals surface area contributed by atoms with Crippen LogP contribution in [0.1, 0.15) is 12.1 Å². The summed E-state index contributed by atoms with van der Waals surface area (Å²) in [5.41, 5.74) is 0.833. The molecule has 0 radical (unpaired) electrons. The van der Waals surface area contributed by atoms with Crippen LogP contribution in [0.15, 0.2) is 24.4 Å². The number of benzene rings is 1. The van der Waals surface area contributed by atoms with E-state index in [0.717, 1.165) is 0 Å². The Morgan fingerprint density at radius 3 is 2.60 bits per heavy atom. The zero-order valence-electron chi connectivity index (χ0n) is 11.3. The van der Waals surface area contributed by atoms with Crippen molar-refractivity contribution in [3.8, 4) is 11.1 Å². The fourth-order valence-electron chi connectivity index (χ4n) is 1.97. The van der Waals surface area contributed by atoms with Crippen molar-refractivity contribution < 1.29 is 13.6 Å². The minimum Gasteiger partial charge on any atom is -0.359 e. The molecule has 2 rings (SSSR count). The number of hydrogen-bond donors (Lipinski definition) is 1. The molecule has 106 valence electrons. The van der Waals surface area contributed by atoms with Gasteiger partial charge in [0.2, 0.25) is 5.91 Å². The largest absolute Gasteiger partial charge is 0.359 e. The SMILES string of the molecule is CNC(=O)CCn1cc(-c2c(F)cccc2F)c(C)n1. The summed E-state index contributed by atoms with van der Waals surface area (Å²) < 4.78 is 29.0. The predicted octanol–water partition coefficient (Wildman–Crippen LogP) is 2.27. The van der Waals surface area contributed by atoms with Gasteiger partial charge < -0.3 is 5.32 Å². The van der Waals surface area contributed by atoms with E-state index >= 15 is 0 Å². The van der Waals surface area contributed by atoms with Crippen LogP contribution in [-0.4, -0.2) is 22.7 Å². The number of rotatable bonds is 4. The van der Waals surface area contributed by atoms with Crippen molar-refractivity contribution in [1.29, 1.82) is 0 Å². The van der Waals surface area contributed by atoms with Crippen LogP contribution in [0.5, 0.6) is 0 Å². The van der Waals surface area contributed by atoms with Crippen LogP contribution >= 0.6 is 0 Å². The van der Waals surface area contributed by atoms with Crippen molar-refractivity contribution in [2.75, 3.05) is 7.05 Å². The summed E-state index contributed by atoms with van der Waals surface area (Å²) in [7, 11) is 1.55. The standard InChI is InChI=1S/C14H15F2N3O/c1-9-10(14-11(15)4-3-5-12(14)16)8-19(18-9)7-6-13(20)17-2/h3-5,8H,6-7H2,1-2H3,(H,17,20). The second-order valence-electron chi connectivity index (χ2n) is 4.41. The van der Waals surface area contributed by atoms with Gasteiger partial charge in [-0.05, 0) is 19.1 Å². The van der Waals surface area contributed by atoms with E-state index < -0.39 is 11.6 Å². The Labute approximate surface area is 115 Å². The molecule has 0 aliphatic rings. The molecule has 0 saturated heterocycles. The summed E-state index contributed by atoms with van der Waals surface area (Å²) in [5, 5.41) is 6.69. The van der Waals surface area contributed by atoms with E-state index in [4.69, 9.17) is 0 Å². The van der Waals surface area contributed by atoms with Crippen molar-refractivity contribution in [3.05, 3.63) is 41.7 Å². The van der Waals surface area contributed by atoms with Gasteiger partial charge in [-0.3, -0.25) is 9.48 Å². The molecule has 2 aromatic rings. The lowest BCUT2D eigenvalue weighted by Crippen LogP contribution is -2.19. The van der Waals surface area contributed by atoms with Crippen LogP contribution in [0.25, 0.3) is 11.1 Å². The highest BCUT2D eigenvalue weighted by Gasteiger charge is 2.16. The Morgan fingerprint density at radius 2 is 2.00 bits per heavy atom. The Morgan fingerprint density at radius 1 is 1.35 bits per heavy atom. The molecule has 0 aliphatic carbocycles. The number of hydrogen-bond acceptors (Lipinski definition) is 2. The second-order valence-corrected chi connectivity index (χ2v) is 4.41. The molecule has 1 aromatic carbocycles. The molecule has 4 nitrogen and oxygen atoms in total. The van der Waals surface area contributed by atoms with Gasteiger partial charge in [0.05, 0.1) is 11.3 Å². The molecule has 0 bridgehead atoms. The van der Waals surface area contributed by atoms with Gasteiger partial charge in [0.1, 0.15) is 11.6 Å². The van der Waals surface area contributed by atoms with Gasteiger partial charge in [-0.1, -0.05) is 6.07 Å². The maximum atomic E-state index is 13.8. The van der Waals surface area contributed by atoms with Crippen molar-refractivity contribution in [3.63, 3.8) is 0 Å². The highest BCUT2D eigenvalue weighted by atomic mass is 19.1. The molecule has 1 aromatic heterocycles. The molecular weight excluding hydrogens is 264 g/mol. The third kappa shape index (κ3) is 2.84. The Hall–Kier alpha value is -2.24. The van der Waals surface area contributed by atoms with Crippen LogP contribution in [0.4, 0.5) is 8.78 Å². The van der Waals surface area contributed by atoms with E-state index in [1.807, 2.05) is 0 Å². The van der Waals surface area contributed by atoms with Gasteiger partial charge in [-0.25, -0.2) is 8.78 Å². The molecule has 1 heterocycles. The van der Waals surface area contributed by atoms with Crippen molar-refractivity contribution in [2.24, 2.45) is 0 Å². The second kappa shape index (κ2) is 5.81. The molecule has 0 aliphatic heterocycles. The average molecular weight is 279 g/mol. The molecular formula is C14H15F2N3O. The lowest BCUT2D eigenvalue weighted by molar-refractivity contribution is -0.120. The minimum absolute atomic E-state index is 0.0869. The first-order valence-corrected chi connectivity index (χ1v) is 6.22. The van der Waals surface area contributed by atoms with E-state index in [2.05, 4.69) is 10.4 Å². The third-order valence-corrected chi connectivity index (χ3v) is 3.03. The van der Waals surface area contributed by atoms with E-state index in [1.54, 1.807) is 20.2 Å². The topological polar surface area (TPSA) is 46.9 Å². The number of aryl methyl sites for hydroxylation is 2. The lowest BCUT2D eigenvalue weighted by Gasteiger charge is -2.02. The van der Waals surface area contributed by atoms with Crippen molar-refractivity contribution in [2.45, 2.75) is 19.9 Å². The van der Waals surface area contributed by atoms with Crippen molar-refractivity contribution in [1.82, 2.24) is 15.1 Å². The van der Waals surface area contributed by atoms with Crippen molar-refractivity contribution >= 4 is 5.91 Å². The first-order valence-electron chi connectivity index (χ1n) is 6.22. The van der Waals surface area contributed by atoms with Crippen LogP contribution in [0.3, 0.4) is 0 Å². The quantitative estimate of drug-likeness (QED) is 0.933. The fraction of sp³-hybridized carbons (Fsp3) is 0.286. The first-order chi connectivity index (χ1) is 9.52. The van der Waals surface area contributed by atoms with Crippen LogP contribution < -0.4 is 5.32 Å². The van der Waals surface area contributed by atoms with E-state index in [9.17, 15) is 13.6 Å². The Bertz CT molecular complexity index is 617. The maximum absolute atomic E-state index is 13.8. The molecule has 1 N–H and O–H groups in total. The Balaban J connectivity index is 2.30. The third-order valence-electron chi connectivity index (χ3n) is 3.03. The number of amides is 1. The summed E-state index contributed by atoms with van der Waals surface area (Å²) in [6.45, 7) is 2.04. The Kier molecular flexibility index (Phi) is 4.12. The lowest BCUT2D eigenvalue weighted by atomic mass is 10.1. The van der Waals surface area contributed by atoms with Gasteiger partial charge in [0.25, 0.3) is 0 Å². The molecule has 0 atom stereocenters. The minimum atomic E-state index is -0.626. The van der Waals surface area contributed by atoms with Gasteiger partial charge >= 0.3 is 0 Å². The van der Waals surface area contributed by atoms with Gasteiger partial charge in [-0.15, -0.1) is 0 Å². The number of nitrogens with zero attached hydrogens (tertiary/aromatic N) is 2. The van der Waals surface area contributed by atoms with E-state index in [1.165, 1.54) is 22.9 Å². The summed E-state index contributed by atoms with van der Waals surface area (Å²) in [5.74, 6) is -1.37. The van der Waals surface area contributed by atoms with Crippen LogP contribution in [0.2, 0.25) is 0 Å². The van der Waals surface area contributed by atoms with Gasteiger partial charge in [-0.2, -0.15) is 5.10 Å². The number of nitrogens with one attached hydrogen (secondary N) is 1. The zero-order chi connectivity index (χ0) is 14.7. The fourth-order valence-corrected chi connectivity index (χ4v) is 1.97. The smallest absolute Gasteiger partial charge is 0.221 e. The molecule has 0 spiro atoms. The van der Waals surface area contributed by atoms with Crippen LogP contribution in [-0.2, 0) is 11.3 Å². The number of carbonyl (C=O) groups excluding carboxylic acids is 1. The molecule has 6 heteroatoms. The normalized spacial score (nSPS) is 10.6. The van der Waals surface area contributed by atoms with Crippen LogP contribution in [0, 0.1) is 18.6 Å². The monoisotopic (exact) mass is 279 g/mol. The summed E-state index contributed by atoms with van der Waals surface area (Å²) in [4.78, 5) is 11.2. The molecule has 0 unspecified atom stereocenters. The number of halogens is 2. The van der Waals surface area contributed by atoms with Gasteiger partial charge in [0, 0.05) is 31.8 Å².